The topological polar surface area (TPSA) is 60.5 Å². The highest BCUT2D eigenvalue weighted by Gasteiger charge is 2.19. The highest BCUT2D eigenvalue weighted by Crippen LogP contribution is 2.18. The Hall–Kier alpha value is -1.18. The number of nitrogens with zero attached hydrogens (tertiary/aromatic N) is 3. The number of piperazine rings is 1. The fourth-order valence-electron chi connectivity index (χ4n) is 2.04. The molecule has 1 fully saturated rings. The van der Waals surface area contributed by atoms with Crippen molar-refractivity contribution < 1.29 is 4.79 Å². The number of likely N-dealkylation sites (N-methyl/N-ethyl adjacent to an activating group) is 1. The third-order valence-electron chi connectivity index (χ3n) is 3.21. The van der Waals surface area contributed by atoms with E-state index >= 15 is 0 Å². The molecular weight excluding hydrogens is 322 g/mol. The summed E-state index contributed by atoms with van der Waals surface area (Å²) in [5.74, 6) is 0.488. The molecular formula is C13H20BrN5O. The number of aromatic nitrogens is 1. The number of amides is 1. The van der Waals surface area contributed by atoms with Gasteiger partial charge in [0.05, 0.1) is 5.56 Å². The fraction of sp³-hybridized carbons (Fsp3) is 0.538. The van der Waals surface area contributed by atoms with E-state index < -0.39 is 0 Å². The molecule has 0 spiro atoms. The SMILES string of the molecule is CCNc1ncc(Br)cc1C(=O)NN1CCN(C)CC1. The number of pyridine rings is 1. The number of rotatable bonds is 4. The zero-order valence-electron chi connectivity index (χ0n) is 11.8. The van der Waals surface area contributed by atoms with E-state index in [-0.39, 0.29) is 5.91 Å². The van der Waals surface area contributed by atoms with Crippen molar-refractivity contribution in [2.75, 3.05) is 45.1 Å². The monoisotopic (exact) mass is 341 g/mol. The summed E-state index contributed by atoms with van der Waals surface area (Å²) in [6, 6.07) is 1.79. The Morgan fingerprint density at radius 2 is 2.10 bits per heavy atom. The van der Waals surface area contributed by atoms with Gasteiger partial charge in [0.15, 0.2) is 0 Å². The third-order valence-corrected chi connectivity index (χ3v) is 3.64. The van der Waals surface area contributed by atoms with Crippen LogP contribution in [0.15, 0.2) is 16.7 Å². The van der Waals surface area contributed by atoms with Crippen LogP contribution >= 0.6 is 15.9 Å². The first-order chi connectivity index (χ1) is 9.60. The molecule has 0 bridgehead atoms. The predicted octanol–water partition coefficient (Wildman–Crippen LogP) is 1.17. The van der Waals surface area contributed by atoms with Crippen LogP contribution in [0.3, 0.4) is 0 Å². The summed E-state index contributed by atoms with van der Waals surface area (Å²) in [5.41, 5.74) is 3.50. The van der Waals surface area contributed by atoms with Crippen molar-refractivity contribution in [2.24, 2.45) is 0 Å². The lowest BCUT2D eigenvalue weighted by atomic mass is 10.2. The molecule has 110 valence electrons. The number of anilines is 1. The molecule has 2 N–H and O–H groups in total. The highest BCUT2D eigenvalue weighted by molar-refractivity contribution is 9.10. The first kappa shape index (κ1) is 15.2. The van der Waals surface area contributed by atoms with Gasteiger partial charge in [-0.15, -0.1) is 0 Å². The van der Waals surface area contributed by atoms with E-state index in [2.05, 4.69) is 43.6 Å². The van der Waals surface area contributed by atoms with Gasteiger partial charge in [-0.05, 0) is 36.0 Å². The van der Waals surface area contributed by atoms with Crippen LogP contribution in [0.4, 0.5) is 5.82 Å². The molecule has 1 aliphatic heterocycles. The molecule has 0 radical (unpaired) electrons. The molecule has 0 saturated carbocycles. The minimum atomic E-state index is -0.126. The zero-order chi connectivity index (χ0) is 14.5. The first-order valence-electron chi connectivity index (χ1n) is 6.74. The van der Waals surface area contributed by atoms with Crippen molar-refractivity contribution in [1.82, 2.24) is 20.3 Å². The normalized spacial score (nSPS) is 16.9. The summed E-state index contributed by atoms with van der Waals surface area (Å²) >= 11 is 3.36. The van der Waals surface area contributed by atoms with Crippen molar-refractivity contribution >= 4 is 27.7 Å². The van der Waals surface area contributed by atoms with Crippen LogP contribution in [0.2, 0.25) is 0 Å². The summed E-state index contributed by atoms with van der Waals surface area (Å²) in [7, 11) is 2.08. The van der Waals surface area contributed by atoms with Gasteiger partial charge in [0, 0.05) is 43.4 Å². The number of nitrogens with one attached hydrogen (secondary N) is 2. The lowest BCUT2D eigenvalue weighted by Crippen LogP contribution is -2.52. The van der Waals surface area contributed by atoms with Gasteiger partial charge in [-0.25, -0.2) is 9.99 Å². The van der Waals surface area contributed by atoms with Crippen molar-refractivity contribution in [3.63, 3.8) is 0 Å². The van der Waals surface area contributed by atoms with Gasteiger partial charge in [0.1, 0.15) is 5.82 Å². The third kappa shape index (κ3) is 3.91. The maximum absolute atomic E-state index is 12.4. The van der Waals surface area contributed by atoms with Gasteiger partial charge in [-0.2, -0.15) is 0 Å². The van der Waals surface area contributed by atoms with E-state index in [9.17, 15) is 4.79 Å². The molecule has 1 amide bonds. The number of halogens is 1. The summed E-state index contributed by atoms with van der Waals surface area (Å²) < 4.78 is 0.794. The summed E-state index contributed by atoms with van der Waals surface area (Å²) in [6.07, 6.45) is 1.69. The molecule has 1 aliphatic rings. The molecule has 7 heteroatoms. The minimum absolute atomic E-state index is 0.126. The molecule has 0 atom stereocenters. The number of carbonyl (C=O) groups excluding carboxylic acids is 1. The molecule has 1 aromatic rings. The fourth-order valence-corrected chi connectivity index (χ4v) is 2.37. The largest absolute Gasteiger partial charge is 0.370 e. The summed E-state index contributed by atoms with van der Waals surface area (Å²) in [6.45, 7) is 6.28. The molecule has 0 aromatic carbocycles. The molecule has 6 nitrogen and oxygen atoms in total. The van der Waals surface area contributed by atoms with Crippen LogP contribution in [-0.4, -0.2) is 60.6 Å². The van der Waals surface area contributed by atoms with Crippen LogP contribution in [-0.2, 0) is 0 Å². The molecule has 0 aliphatic carbocycles. The Morgan fingerprint density at radius 3 is 2.75 bits per heavy atom. The van der Waals surface area contributed by atoms with Crippen molar-refractivity contribution in [1.29, 1.82) is 0 Å². The average Bonchev–Trinajstić information content (AvgIpc) is 2.43. The molecule has 2 heterocycles. The van der Waals surface area contributed by atoms with Crippen LogP contribution in [0, 0.1) is 0 Å². The number of hydrogen-bond donors (Lipinski definition) is 2. The van der Waals surface area contributed by atoms with Gasteiger partial charge in [0.2, 0.25) is 0 Å². The Bertz CT molecular complexity index is 474. The van der Waals surface area contributed by atoms with Gasteiger partial charge in [-0.1, -0.05) is 0 Å². The van der Waals surface area contributed by atoms with E-state index in [0.29, 0.717) is 11.4 Å². The Kier molecular flexibility index (Phi) is 5.33. The van der Waals surface area contributed by atoms with E-state index in [1.54, 1.807) is 12.3 Å². The van der Waals surface area contributed by atoms with E-state index in [1.807, 2.05) is 11.9 Å². The predicted molar refractivity (Wildman–Crippen MR) is 82.6 cm³/mol. The van der Waals surface area contributed by atoms with Crippen LogP contribution in [0.5, 0.6) is 0 Å². The average molecular weight is 342 g/mol. The second-order valence-electron chi connectivity index (χ2n) is 4.81. The highest BCUT2D eigenvalue weighted by atomic mass is 79.9. The van der Waals surface area contributed by atoms with E-state index in [1.165, 1.54) is 0 Å². The van der Waals surface area contributed by atoms with Crippen LogP contribution in [0.25, 0.3) is 0 Å². The number of hydrogen-bond acceptors (Lipinski definition) is 5. The lowest BCUT2D eigenvalue weighted by Gasteiger charge is -2.32. The maximum atomic E-state index is 12.4. The molecule has 1 aromatic heterocycles. The second-order valence-corrected chi connectivity index (χ2v) is 5.73. The van der Waals surface area contributed by atoms with E-state index in [4.69, 9.17) is 0 Å². The number of hydrazine groups is 1. The van der Waals surface area contributed by atoms with Gasteiger partial charge < -0.3 is 10.2 Å². The smallest absolute Gasteiger partial charge is 0.269 e. The Balaban J connectivity index is 2.06. The number of carbonyl (C=O) groups is 1. The zero-order valence-corrected chi connectivity index (χ0v) is 13.4. The maximum Gasteiger partial charge on any atom is 0.269 e. The molecule has 0 unspecified atom stereocenters. The quantitative estimate of drug-likeness (QED) is 0.860. The summed E-state index contributed by atoms with van der Waals surface area (Å²) in [5, 5.41) is 5.07. The molecule has 20 heavy (non-hydrogen) atoms. The summed E-state index contributed by atoms with van der Waals surface area (Å²) in [4.78, 5) is 18.9. The van der Waals surface area contributed by atoms with Crippen LogP contribution < -0.4 is 10.7 Å². The molecule has 2 rings (SSSR count). The lowest BCUT2D eigenvalue weighted by molar-refractivity contribution is 0.0663. The van der Waals surface area contributed by atoms with Crippen LogP contribution in [0.1, 0.15) is 17.3 Å². The minimum Gasteiger partial charge on any atom is -0.370 e. The van der Waals surface area contributed by atoms with Gasteiger partial charge in [-0.3, -0.25) is 10.2 Å². The molecule has 1 saturated heterocycles. The van der Waals surface area contributed by atoms with Crippen molar-refractivity contribution in [2.45, 2.75) is 6.92 Å². The first-order valence-corrected chi connectivity index (χ1v) is 7.53. The van der Waals surface area contributed by atoms with Crippen molar-refractivity contribution in [3.05, 3.63) is 22.3 Å². The Morgan fingerprint density at radius 1 is 1.40 bits per heavy atom. The van der Waals surface area contributed by atoms with Crippen molar-refractivity contribution in [3.8, 4) is 0 Å². The Labute approximate surface area is 127 Å². The van der Waals surface area contributed by atoms with Gasteiger partial charge >= 0.3 is 0 Å². The van der Waals surface area contributed by atoms with E-state index in [0.717, 1.165) is 37.2 Å². The second kappa shape index (κ2) is 7.01. The standard InChI is InChI=1S/C13H20BrN5O/c1-3-15-12-11(8-10(14)9-16-12)13(20)17-19-6-4-18(2)5-7-19/h8-9H,3-7H2,1-2H3,(H,15,16)(H,17,20). The van der Waals surface area contributed by atoms with Gasteiger partial charge in [0.25, 0.3) is 5.91 Å².